The largest absolute Gasteiger partial charge is 0.484 e. The van der Waals surface area contributed by atoms with Gasteiger partial charge < -0.3 is 20.5 Å². The molecule has 2 rings (SSSR count). The fourth-order valence-corrected chi connectivity index (χ4v) is 2.71. The van der Waals surface area contributed by atoms with Crippen LogP contribution >= 0.6 is 0 Å². The van der Waals surface area contributed by atoms with Gasteiger partial charge in [0.2, 0.25) is 0 Å². The van der Waals surface area contributed by atoms with Gasteiger partial charge in [-0.05, 0) is 43.2 Å². The van der Waals surface area contributed by atoms with Gasteiger partial charge >= 0.3 is 5.97 Å². The molecule has 154 valence electrons. The van der Waals surface area contributed by atoms with Gasteiger partial charge in [0.25, 0.3) is 11.8 Å². The normalized spacial score (nSPS) is 12.5. The number of amides is 2. The summed E-state index contributed by atoms with van der Waals surface area (Å²) in [6.07, 6.45) is 0.734. The smallest absolute Gasteiger partial charge is 0.338 e. The number of benzene rings is 2. The van der Waals surface area contributed by atoms with Crippen molar-refractivity contribution in [1.29, 1.82) is 0 Å². The predicted octanol–water partition coefficient (Wildman–Crippen LogP) is 2.75. The number of carbonyl (C=O) groups excluding carboxylic acids is 3. The summed E-state index contributed by atoms with van der Waals surface area (Å²) in [7, 11) is 0. The van der Waals surface area contributed by atoms with Gasteiger partial charge in [0.15, 0.2) is 12.7 Å². The van der Waals surface area contributed by atoms with Crippen molar-refractivity contribution in [2.45, 2.75) is 38.8 Å². The van der Waals surface area contributed by atoms with Gasteiger partial charge in [-0.3, -0.25) is 9.59 Å². The maximum Gasteiger partial charge on any atom is 0.338 e. The summed E-state index contributed by atoms with van der Waals surface area (Å²) >= 11 is 0. The lowest BCUT2D eigenvalue weighted by Crippen LogP contribution is -2.38. The van der Waals surface area contributed by atoms with Gasteiger partial charge in [0.05, 0.1) is 11.6 Å². The molecule has 0 aromatic heterocycles. The van der Waals surface area contributed by atoms with Crippen LogP contribution < -0.4 is 15.8 Å². The van der Waals surface area contributed by atoms with Crippen molar-refractivity contribution < 1.29 is 23.9 Å². The van der Waals surface area contributed by atoms with Crippen LogP contribution in [0, 0.1) is 0 Å². The molecule has 7 heteroatoms. The molecule has 2 atom stereocenters. The lowest BCUT2D eigenvalue weighted by atomic mass is 10.0. The van der Waals surface area contributed by atoms with Crippen molar-refractivity contribution in [2.24, 2.45) is 5.73 Å². The molecule has 0 saturated heterocycles. The number of hydrogen-bond acceptors (Lipinski definition) is 5. The molecule has 0 radical (unpaired) electrons. The zero-order chi connectivity index (χ0) is 21.2. The second kappa shape index (κ2) is 10.8. The fourth-order valence-electron chi connectivity index (χ4n) is 2.71. The third kappa shape index (κ3) is 6.95. The van der Waals surface area contributed by atoms with Crippen molar-refractivity contribution in [1.82, 2.24) is 5.32 Å². The maximum absolute atomic E-state index is 12.5. The van der Waals surface area contributed by atoms with E-state index in [2.05, 4.69) is 5.32 Å². The Labute approximate surface area is 170 Å². The minimum Gasteiger partial charge on any atom is -0.484 e. The first-order valence-corrected chi connectivity index (χ1v) is 9.48. The Hall–Kier alpha value is -3.35. The predicted molar refractivity (Wildman–Crippen MR) is 108 cm³/mol. The molecule has 2 aromatic carbocycles. The highest BCUT2D eigenvalue weighted by Crippen LogP contribution is 2.19. The highest BCUT2D eigenvalue weighted by atomic mass is 16.5. The molecule has 0 aliphatic carbocycles. The lowest BCUT2D eigenvalue weighted by Gasteiger charge is -2.21. The van der Waals surface area contributed by atoms with E-state index in [1.54, 1.807) is 0 Å². The van der Waals surface area contributed by atoms with Crippen LogP contribution in [0.4, 0.5) is 0 Å². The van der Waals surface area contributed by atoms with Crippen LogP contribution in [0.5, 0.6) is 5.75 Å². The van der Waals surface area contributed by atoms with Crippen LogP contribution in [0.2, 0.25) is 0 Å². The zero-order valence-corrected chi connectivity index (χ0v) is 16.6. The van der Waals surface area contributed by atoms with Crippen molar-refractivity contribution >= 4 is 17.8 Å². The quantitative estimate of drug-likeness (QED) is 0.598. The number of rotatable bonds is 10. The first-order valence-electron chi connectivity index (χ1n) is 9.48. The Balaban J connectivity index is 1.93. The number of carbonyl (C=O) groups is 3. The van der Waals surface area contributed by atoms with Crippen molar-refractivity contribution in [3.8, 4) is 5.75 Å². The molecule has 2 amide bonds. The van der Waals surface area contributed by atoms with Gasteiger partial charge in [-0.1, -0.05) is 43.7 Å². The number of ether oxygens (including phenoxy) is 2. The van der Waals surface area contributed by atoms with E-state index >= 15 is 0 Å². The highest BCUT2D eigenvalue weighted by Gasteiger charge is 2.22. The van der Waals surface area contributed by atoms with Gasteiger partial charge in [0.1, 0.15) is 5.75 Å². The minimum absolute atomic E-state index is 0.142. The summed E-state index contributed by atoms with van der Waals surface area (Å²) in [6.45, 7) is 3.33. The minimum atomic E-state index is -0.948. The number of primary amides is 1. The topological polar surface area (TPSA) is 108 Å². The Bertz CT molecular complexity index is 821. The third-order valence-electron chi connectivity index (χ3n) is 4.22. The summed E-state index contributed by atoms with van der Waals surface area (Å²) in [5.74, 6) is -1.18. The molecule has 0 fully saturated rings. The number of nitrogens with one attached hydrogen (secondary N) is 1. The second-order valence-corrected chi connectivity index (χ2v) is 6.59. The van der Waals surface area contributed by atoms with Crippen molar-refractivity contribution in [3.63, 3.8) is 0 Å². The Morgan fingerprint density at radius 2 is 1.69 bits per heavy atom. The Morgan fingerprint density at radius 3 is 2.28 bits per heavy atom. The Morgan fingerprint density at radius 1 is 1.03 bits per heavy atom. The average Bonchev–Trinajstić information content (AvgIpc) is 2.72. The molecule has 0 bridgehead atoms. The van der Waals surface area contributed by atoms with Crippen LogP contribution in [0.25, 0.3) is 0 Å². The van der Waals surface area contributed by atoms with E-state index in [0.717, 1.165) is 18.4 Å². The molecule has 0 aliphatic heterocycles. The summed E-state index contributed by atoms with van der Waals surface area (Å²) in [5.41, 5.74) is 6.29. The third-order valence-corrected chi connectivity index (χ3v) is 4.22. The standard InChI is InChI=1S/C22H26N2O5/c1-3-7-19(16-8-5-4-6-9-16)24-21(26)15(2)29-22(27)17-10-12-18(13-11-17)28-14-20(23)25/h4-6,8-13,15,19H,3,7,14H2,1-2H3,(H2,23,25)(H,24,26)/t15-,19+/m1/s1. The first-order chi connectivity index (χ1) is 13.9. The molecule has 0 unspecified atom stereocenters. The van der Waals surface area contributed by atoms with E-state index in [0.29, 0.717) is 5.75 Å². The van der Waals surface area contributed by atoms with Crippen LogP contribution in [0.3, 0.4) is 0 Å². The molecule has 7 nitrogen and oxygen atoms in total. The highest BCUT2D eigenvalue weighted by molar-refractivity contribution is 5.92. The molecular formula is C22H26N2O5. The lowest BCUT2D eigenvalue weighted by molar-refractivity contribution is -0.130. The van der Waals surface area contributed by atoms with Gasteiger partial charge in [-0.25, -0.2) is 4.79 Å². The molecule has 0 saturated carbocycles. The van der Waals surface area contributed by atoms with Crippen LogP contribution in [0.1, 0.15) is 48.7 Å². The van der Waals surface area contributed by atoms with Crippen LogP contribution in [0.15, 0.2) is 54.6 Å². The van der Waals surface area contributed by atoms with E-state index in [1.807, 2.05) is 37.3 Å². The number of nitrogens with two attached hydrogens (primary N) is 1. The van der Waals surface area contributed by atoms with Crippen LogP contribution in [-0.4, -0.2) is 30.5 Å². The van der Waals surface area contributed by atoms with Gasteiger partial charge in [-0.2, -0.15) is 0 Å². The molecule has 3 N–H and O–H groups in total. The average molecular weight is 398 g/mol. The SMILES string of the molecule is CCC[C@H](NC(=O)[C@@H](C)OC(=O)c1ccc(OCC(N)=O)cc1)c1ccccc1. The monoisotopic (exact) mass is 398 g/mol. The summed E-state index contributed by atoms with van der Waals surface area (Å²) < 4.78 is 10.4. The second-order valence-electron chi connectivity index (χ2n) is 6.59. The molecule has 0 aliphatic rings. The zero-order valence-electron chi connectivity index (χ0n) is 16.6. The van der Waals surface area contributed by atoms with E-state index in [9.17, 15) is 14.4 Å². The van der Waals surface area contributed by atoms with E-state index in [4.69, 9.17) is 15.2 Å². The maximum atomic E-state index is 12.5. The number of esters is 1. The van der Waals surface area contributed by atoms with E-state index < -0.39 is 18.0 Å². The summed E-state index contributed by atoms with van der Waals surface area (Å²) in [4.78, 5) is 35.5. The summed E-state index contributed by atoms with van der Waals surface area (Å²) in [6, 6.07) is 15.6. The van der Waals surface area contributed by atoms with Crippen molar-refractivity contribution in [3.05, 3.63) is 65.7 Å². The molecule has 0 spiro atoms. The van der Waals surface area contributed by atoms with Crippen LogP contribution in [-0.2, 0) is 14.3 Å². The molecule has 2 aromatic rings. The number of hydrogen-bond donors (Lipinski definition) is 2. The Kier molecular flexibility index (Phi) is 8.21. The van der Waals surface area contributed by atoms with E-state index in [-0.39, 0.29) is 24.1 Å². The fraction of sp³-hybridized carbons (Fsp3) is 0.318. The first kappa shape index (κ1) is 21.9. The van der Waals surface area contributed by atoms with Crippen molar-refractivity contribution in [2.75, 3.05) is 6.61 Å². The summed E-state index contributed by atoms with van der Waals surface area (Å²) in [5, 5.41) is 2.95. The van der Waals surface area contributed by atoms with E-state index in [1.165, 1.54) is 31.2 Å². The molecular weight excluding hydrogens is 372 g/mol. The molecule has 0 heterocycles. The molecule has 29 heavy (non-hydrogen) atoms. The van der Waals surface area contributed by atoms with Gasteiger partial charge in [0, 0.05) is 0 Å². The van der Waals surface area contributed by atoms with Gasteiger partial charge in [-0.15, -0.1) is 0 Å².